The molecule has 94 valence electrons. The van der Waals surface area contributed by atoms with Gasteiger partial charge in [-0.2, -0.15) is 0 Å². The Bertz CT molecular complexity index is 234. The first-order valence-corrected chi connectivity index (χ1v) is 6.23. The average Bonchev–Trinajstić information content (AvgIpc) is 2.16. The molecule has 1 heterocycles. The van der Waals surface area contributed by atoms with Gasteiger partial charge in [-0.05, 0) is 40.0 Å². The molecule has 0 aromatic heterocycles. The molecular weight excluding hydrogens is 204 g/mol. The van der Waals surface area contributed by atoms with Crippen LogP contribution in [-0.2, 0) is 4.74 Å². The van der Waals surface area contributed by atoms with Crippen LogP contribution in [0.25, 0.3) is 0 Å². The minimum atomic E-state index is -0.399. The molecule has 0 saturated carbocycles. The van der Waals surface area contributed by atoms with E-state index in [1.165, 1.54) is 6.42 Å². The Morgan fingerprint density at radius 3 is 2.69 bits per heavy atom. The summed E-state index contributed by atoms with van der Waals surface area (Å²) in [5.74, 6) is 0. The Morgan fingerprint density at radius 1 is 1.44 bits per heavy atom. The van der Waals surface area contributed by atoms with Crippen molar-refractivity contribution in [3.63, 3.8) is 0 Å². The van der Waals surface area contributed by atoms with Crippen molar-refractivity contribution < 1.29 is 15.3 Å². The second kappa shape index (κ2) is 5.53. The van der Waals surface area contributed by atoms with Crippen molar-refractivity contribution in [3.8, 4) is 0 Å². The molecule has 1 aliphatic heterocycles. The van der Waals surface area contributed by atoms with E-state index in [9.17, 15) is 4.79 Å². The third-order valence-electron chi connectivity index (χ3n) is 2.79. The summed E-state index contributed by atoms with van der Waals surface area (Å²) in [5.41, 5.74) is 3.47. The summed E-state index contributed by atoms with van der Waals surface area (Å²) in [6.45, 7) is 7.44. The molecule has 0 aromatic carbocycles. The van der Waals surface area contributed by atoms with E-state index < -0.39 is 5.60 Å². The van der Waals surface area contributed by atoms with Gasteiger partial charge in [0.2, 0.25) is 0 Å². The lowest BCUT2D eigenvalue weighted by molar-refractivity contribution is -0.370. The SMILES string of the molecule is CC(C)(C)OC(=O)N1CCCC[C@H]1CC[NH3+]. The van der Waals surface area contributed by atoms with Gasteiger partial charge in [0.15, 0.2) is 0 Å². The van der Waals surface area contributed by atoms with Crippen LogP contribution in [0.4, 0.5) is 4.79 Å². The average molecular weight is 229 g/mol. The van der Waals surface area contributed by atoms with Crippen molar-refractivity contribution in [1.29, 1.82) is 0 Å². The van der Waals surface area contributed by atoms with Gasteiger partial charge in [0.05, 0.1) is 6.54 Å². The zero-order chi connectivity index (χ0) is 12.2. The van der Waals surface area contributed by atoms with Crippen LogP contribution in [0.15, 0.2) is 0 Å². The topological polar surface area (TPSA) is 57.2 Å². The lowest BCUT2D eigenvalue weighted by atomic mass is 10.00. The monoisotopic (exact) mass is 229 g/mol. The van der Waals surface area contributed by atoms with Crippen LogP contribution in [-0.4, -0.2) is 35.7 Å². The van der Waals surface area contributed by atoms with Crippen LogP contribution in [0.2, 0.25) is 0 Å². The van der Waals surface area contributed by atoms with Crippen molar-refractivity contribution in [2.24, 2.45) is 0 Å². The molecule has 16 heavy (non-hydrogen) atoms. The summed E-state index contributed by atoms with van der Waals surface area (Å²) in [4.78, 5) is 13.9. The number of likely N-dealkylation sites (tertiary alicyclic amines) is 1. The molecule has 1 aliphatic rings. The van der Waals surface area contributed by atoms with Crippen molar-refractivity contribution in [2.75, 3.05) is 13.1 Å². The van der Waals surface area contributed by atoms with Gasteiger partial charge in [-0.3, -0.25) is 0 Å². The predicted octanol–water partition coefficient (Wildman–Crippen LogP) is 1.41. The Kier molecular flexibility index (Phi) is 4.59. The van der Waals surface area contributed by atoms with E-state index in [0.717, 1.165) is 32.4 Å². The lowest BCUT2D eigenvalue weighted by Gasteiger charge is -2.36. The maximum absolute atomic E-state index is 12.0. The molecule has 1 amide bonds. The highest BCUT2D eigenvalue weighted by molar-refractivity contribution is 5.68. The standard InChI is InChI=1S/C12H24N2O2/c1-12(2,3)16-11(15)14-9-5-4-6-10(14)7-8-13/h10H,4-9,13H2,1-3H3/p+1/t10-/m0/s1. The lowest BCUT2D eigenvalue weighted by Crippen LogP contribution is -2.54. The third kappa shape index (κ3) is 4.00. The quantitative estimate of drug-likeness (QED) is 0.778. The zero-order valence-corrected chi connectivity index (χ0v) is 10.8. The summed E-state index contributed by atoms with van der Waals surface area (Å²) in [7, 11) is 0. The zero-order valence-electron chi connectivity index (χ0n) is 10.8. The van der Waals surface area contributed by atoms with Gasteiger partial charge in [-0.1, -0.05) is 0 Å². The van der Waals surface area contributed by atoms with Crippen LogP contribution in [0.3, 0.4) is 0 Å². The highest BCUT2D eigenvalue weighted by Gasteiger charge is 2.30. The van der Waals surface area contributed by atoms with E-state index in [-0.39, 0.29) is 6.09 Å². The Labute approximate surface area is 98.1 Å². The molecule has 0 unspecified atom stereocenters. The summed E-state index contributed by atoms with van der Waals surface area (Å²) < 4.78 is 5.42. The fraction of sp³-hybridized carbons (Fsp3) is 0.917. The molecule has 0 aromatic rings. The van der Waals surface area contributed by atoms with E-state index in [2.05, 4.69) is 5.73 Å². The number of hydrogen-bond donors (Lipinski definition) is 1. The van der Waals surface area contributed by atoms with Gasteiger partial charge in [0.25, 0.3) is 0 Å². The normalized spacial score (nSPS) is 22.0. The number of quaternary nitrogens is 1. The largest absolute Gasteiger partial charge is 0.444 e. The number of amides is 1. The maximum Gasteiger partial charge on any atom is 0.410 e. The number of nitrogens with zero attached hydrogens (tertiary/aromatic N) is 1. The smallest absolute Gasteiger partial charge is 0.410 e. The highest BCUT2D eigenvalue weighted by atomic mass is 16.6. The van der Waals surface area contributed by atoms with Crippen LogP contribution in [0.1, 0.15) is 46.5 Å². The first-order valence-electron chi connectivity index (χ1n) is 6.23. The van der Waals surface area contributed by atoms with Gasteiger partial charge in [0, 0.05) is 19.0 Å². The van der Waals surface area contributed by atoms with E-state index in [4.69, 9.17) is 4.74 Å². The molecule has 0 spiro atoms. The molecule has 4 heteroatoms. The summed E-state index contributed by atoms with van der Waals surface area (Å²) in [6.07, 6.45) is 4.22. The van der Waals surface area contributed by atoms with Crippen molar-refractivity contribution in [3.05, 3.63) is 0 Å². The Morgan fingerprint density at radius 2 is 2.12 bits per heavy atom. The number of hydrogen-bond acceptors (Lipinski definition) is 2. The second-order valence-electron chi connectivity index (χ2n) is 5.47. The van der Waals surface area contributed by atoms with Gasteiger partial charge < -0.3 is 15.4 Å². The summed E-state index contributed by atoms with van der Waals surface area (Å²) >= 11 is 0. The van der Waals surface area contributed by atoms with Crippen molar-refractivity contribution in [1.82, 2.24) is 4.90 Å². The maximum atomic E-state index is 12.0. The molecule has 0 bridgehead atoms. The fourth-order valence-corrected chi connectivity index (χ4v) is 2.10. The first kappa shape index (κ1) is 13.3. The highest BCUT2D eigenvalue weighted by Crippen LogP contribution is 2.21. The number of rotatable bonds is 2. The molecule has 4 nitrogen and oxygen atoms in total. The molecule has 0 aliphatic carbocycles. The first-order chi connectivity index (χ1) is 7.44. The van der Waals surface area contributed by atoms with E-state index in [1.807, 2.05) is 25.7 Å². The number of ether oxygens (including phenoxy) is 1. The Hall–Kier alpha value is -0.770. The van der Waals surface area contributed by atoms with Gasteiger partial charge >= 0.3 is 6.09 Å². The fourth-order valence-electron chi connectivity index (χ4n) is 2.10. The minimum Gasteiger partial charge on any atom is -0.444 e. The van der Waals surface area contributed by atoms with Crippen LogP contribution in [0, 0.1) is 0 Å². The molecule has 0 radical (unpaired) electrons. The second-order valence-corrected chi connectivity index (χ2v) is 5.47. The van der Waals surface area contributed by atoms with E-state index >= 15 is 0 Å². The number of carbonyl (C=O) groups is 1. The summed E-state index contributed by atoms with van der Waals surface area (Å²) in [6, 6.07) is 0.334. The van der Waals surface area contributed by atoms with Crippen LogP contribution < -0.4 is 5.73 Å². The van der Waals surface area contributed by atoms with Gasteiger partial charge in [-0.15, -0.1) is 0 Å². The third-order valence-corrected chi connectivity index (χ3v) is 2.79. The van der Waals surface area contributed by atoms with Crippen molar-refractivity contribution >= 4 is 6.09 Å². The van der Waals surface area contributed by atoms with E-state index in [1.54, 1.807) is 0 Å². The molecular formula is C12H25N2O2+. The summed E-state index contributed by atoms with van der Waals surface area (Å²) in [5, 5.41) is 0. The van der Waals surface area contributed by atoms with E-state index in [0.29, 0.717) is 6.04 Å². The van der Waals surface area contributed by atoms with Crippen LogP contribution >= 0.6 is 0 Å². The van der Waals surface area contributed by atoms with Crippen LogP contribution in [0.5, 0.6) is 0 Å². The number of carbonyl (C=O) groups excluding carboxylic acids is 1. The predicted molar refractivity (Wildman–Crippen MR) is 63.0 cm³/mol. The molecule has 3 N–H and O–H groups in total. The molecule has 1 fully saturated rings. The molecule has 1 rings (SSSR count). The molecule has 1 atom stereocenters. The minimum absolute atomic E-state index is 0.161. The van der Waals surface area contributed by atoms with Gasteiger partial charge in [-0.25, -0.2) is 4.79 Å². The van der Waals surface area contributed by atoms with Gasteiger partial charge in [0.1, 0.15) is 5.60 Å². The number of piperidine rings is 1. The Balaban J connectivity index is 2.57. The molecule has 1 saturated heterocycles. The van der Waals surface area contributed by atoms with Crippen molar-refractivity contribution in [2.45, 2.75) is 58.1 Å².